The first kappa shape index (κ1) is 10.8. The van der Waals surface area contributed by atoms with Gasteiger partial charge in [-0.2, -0.15) is 0 Å². The summed E-state index contributed by atoms with van der Waals surface area (Å²) in [6.45, 7) is 1.61. The summed E-state index contributed by atoms with van der Waals surface area (Å²) in [7, 11) is 0. The van der Waals surface area contributed by atoms with Crippen LogP contribution >= 0.6 is 23.2 Å². The molecule has 13 heavy (non-hydrogen) atoms. The van der Waals surface area contributed by atoms with Gasteiger partial charge in [0.2, 0.25) is 0 Å². The highest BCUT2D eigenvalue weighted by Crippen LogP contribution is 2.29. The van der Waals surface area contributed by atoms with E-state index in [9.17, 15) is 5.11 Å². The van der Waals surface area contributed by atoms with Crippen LogP contribution in [-0.4, -0.2) is 11.2 Å². The van der Waals surface area contributed by atoms with E-state index in [0.29, 0.717) is 15.6 Å². The van der Waals surface area contributed by atoms with E-state index in [0.717, 1.165) is 0 Å². The molecule has 3 N–H and O–H groups in total. The number of hydrogen-bond donors (Lipinski definition) is 2. The first-order valence-electron chi connectivity index (χ1n) is 3.91. The minimum atomic E-state index is -0.643. The summed E-state index contributed by atoms with van der Waals surface area (Å²) in [6.07, 6.45) is -0.643. The van der Waals surface area contributed by atoms with Crippen LogP contribution in [0.1, 0.15) is 18.5 Å². The molecular formula is C9H11Cl2NO. The summed E-state index contributed by atoms with van der Waals surface area (Å²) in [4.78, 5) is 0. The van der Waals surface area contributed by atoms with Gasteiger partial charge in [0.1, 0.15) is 0 Å². The van der Waals surface area contributed by atoms with Gasteiger partial charge in [-0.3, -0.25) is 0 Å². The molecule has 1 rings (SSSR count). The zero-order valence-electron chi connectivity index (χ0n) is 7.17. The third-order valence-corrected chi connectivity index (χ3v) is 2.69. The fourth-order valence-electron chi connectivity index (χ4n) is 1.04. The quantitative estimate of drug-likeness (QED) is 0.803. The molecule has 0 bridgehead atoms. The van der Waals surface area contributed by atoms with E-state index in [2.05, 4.69) is 0 Å². The molecule has 0 amide bonds. The second kappa shape index (κ2) is 4.29. The number of benzene rings is 1. The summed E-state index contributed by atoms with van der Waals surface area (Å²) >= 11 is 11.7. The van der Waals surface area contributed by atoms with Crippen LogP contribution in [0, 0.1) is 0 Å². The molecule has 0 unspecified atom stereocenters. The molecule has 4 heteroatoms. The van der Waals surface area contributed by atoms with Gasteiger partial charge < -0.3 is 10.8 Å². The van der Waals surface area contributed by atoms with Gasteiger partial charge in [-0.15, -0.1) is 0 Å². The minimum Gasteiger partial charge on any atom is -0.391 e. The molecule has 0 spiro atoms. The Kier molecular flexibility index (Phi) is 3.56. The Morgan fingerprint density at radius 2 is 2.00 bits per heavy atom. The summed E-state index contributed by atoms with van der Waals surface area (Å²) in [5.41, 5.74) is 6.38. The standard InChI is InChI=1S/C9H11Cl2NO/c1-5(13)9(12)6-3-2-4-7(10)8(6)11/h2-5,9,13H,12H2,1H3/t5-,9-/m0/s1. The lowest BCUT2D eigenvalue weighted by molar-refractivity contribution is 0.164. The Morgan fingerprint density at radius 1 is 1.38 bits per heavy atom. The van der Waals surface area contributed by atoms with Crippen molar-refractivity contribution in [2.24, 2.45) is 5.73 Å². The number of hydrogen-bond acceptors (Lipinski definition) is 2. The second-order valence-corrected chi connectivity index (χ2v) is 3.69. The van der Waals surface area contributed by atoms with E-state index < -0.39 is 12.1 Å². The Labute approximate surface area is 87.3 Å². The third kappa shape index (κ3) is 2.35. The molecule has 72 valence electrons. The maximum atomic E-state index is 9.26. The molecule has 1 aromatic rings. The van der Waals surface area contributed by atoms with Gasteiger partial charge >= 0.3 is 0 Å². The van der Waals surface area contributed by atoms with Crippen molar-refractivity contribution in [3.8, 4) is 0 Å². The Balaban J connectivity index is 3.07. The molecular weight excluding hydrogens is 209 g/mol. The molecule has 0 saturated carbocycles. The first-order chi connectivity index (χ1) is 6.04. The predicted molar refractivity (Wildman–Crippen MR) is 55.1 cm³/mol. The second-order valence-electron chi connectivity index (χ2n) is 2.91. The Hall–Kier alpha value is -0.280. The van der Waals surface area contributed by atoms with Crippen molar-refractivity contribution >= 4 is 23.2 Å². The topological polar surface area (TPSA) is 46.2 Å². The fraction of sp³-hybridized carbons (Fsp3) is 0.333. The molecule has 0 aliphatic carbocycles. The molecule has 2 nitrogen and oxygen atoms in total. The third-order valence-electron chi connectivity index (χ3n) is 1.86. The van der Waals surface area contributed by atoms with Crippen molar-refractivity contribution in [2.45, 2.75) is 19.1 Å². The van der Waals surface area contributed by atoms with Crippen molar-refractivity contribution in [3.05, 3.63) is 33.8 Å². The Morgan fingerprint density at radius 3 is 2.54 bits per heavy atom. The number of aliphatic hydroxyl groups excluding tert-OH is 1. The van der Waals surface area contributed by atoms with Crippen LogP contribution in [-0.2, 0) is 0 Å². The normalized spacial score (nSPS) is 15.5. The number of nitrogens with two attached hydrogens (primary N) is 1. The monoisotopic (exact) mass is 219 g/mol. The van der Waals surface area contributed by atoms with E-state index in [-0.39, 0.29) is 0 Å². The number of halogens is 2. The van der Waals surface area contributed by atoms with Gasteiger partial charge in [-0.05, 0) is 18.6 Å². The lowest BCUT2D eigenvalue weighted by atomic mass is 10.0. The van der Waals surface area contributed by atoms with E-state index >= 15 is 0 Å². The molecule has 0 saturated heterocycles. The largest absolute Gasteiger partial charge is 0.391 e. The molecule has 0 fully saturated rings. The SMILES string of the molecule is C[C@H](O)[C@H](N)c1cccc(Cl)c1Cl. The highest BCUT2D eigenvalue weighted by molar-refractivity contribution is 6.42. The maximum absolute atomic E-state index is 9.26. The molecule has 0 heterocycles. The molecule has 2 atom stereocenters. The molecule has 1 aromatic carbocycles. The number of aliphatic hydroxyl groups is 1. The van der Waals surface area contributed by atoms with Crippen molar-refractivity contribution in [1.29, 1.82) is 0 Å². The molecule has 0 radical (unpaired) electrons. The van der Waals surface area contributed by atoms with E-state index in [1.165, 1.54) is 0 Å². The van der Waals surface area contributed by atoms with Crippen LogP contribution in [0.5, 0.6) is 0 Å². The Bertz CT molecular complexity index is 302. The fourth-order valence-corrected chi connectivity index (χ4v) is 1.47. The van der Waals surface area contributed by atoms with Crippen molar-refractivity contribution in [3.63, 3.8) is 0 Å². The lowest BCUT2D eigenvalue weighted by Gasteiger charge is -2.16. The highest BCUT2D eigenvalue weighted by Gasteiger charge is 2.16. The van der Waals surface area contributed by atoms with Gasteiger partial charge in [-0.25, -0.2) is 0 Å². The summed E-state index contributed by atoms with van der Waals surface area (Å²) < 4.78 is 0. The zero-order chi connectivity index (χ0) is 10.0. The van der Waals surface area contributed by atoms with Gasteiger partial charge in [0, 0.05) is 0 Å². The van der Waals surface area contributed by atoms with Gasteiger partial charge in [0.25, 0.3) is 0 Å². The van der Waals surface area contributed by atoms with Crippen LogP contribution < -0.4 is 5.73 Å². The highest BCUT2D eigenvalue weighted by atomic mass is 35.5. The van der Waals surface area contributed by atoms with Crippen LogP contribution in [0.4, 0.5) is 0 Å². The summed E-state index contributed by atoms with van der Waals surface area (Å²) in [6, 6.07) is 4.70. The van der Waals surface area contributed by atoms with Crippen molar-refractivity contribution in [2.75, 3.05) is 0 Å². The smallest absolute Gasteiger partial charge is 0.0705 e. The maximum Gasteiger partial charge on any atom is 0.0705 e. The molecule has 0 aliphatic rings. The van der Waals surface area contributed by atoms with Crippen LogP contribution in [0.3, 0.4) is 0 Å². The van der Waals surface area contributed by atoms with Crippen LogP contribution in [0.15, 0.2) is 18.2 Å². The number of rotatable bonds is 2. The van der Waals surface area contributed by atoms with Crippen LogP contribution in [0.25, 0.3) is 0 Å². The van der Waals surface area contributed by atoms with Gasteiger partial charge in [0.15, 0.2) is 0 Å². The van der Waals surface area contributed by atoms with Crippen molar-refractivity contribution < 1.29 is 5.11 Å². The van der Waals surface area contributed by atoms with Crippen LogP contribution in [0.2, 0.25) is 10.0 Å². The zero-order valence-corrected chi connectivity index (χ0v) is 8.68. The van der Waals surface area contributed by atoms with E-state index in [4.69, 9.17) is 28.9 Å². The average molecular weight is 220 g/mol. The van der Waals surface area contributed by atoms with E-state index in [1.807, 2.05) is 0 Å². The van der Waals surface area contributed by atoms with Crippen molar-refractivity contribution in [1.82, 2.24) is 0 Å². The van der Waals surface area contributed by atoms with Gasteiger partial charge in [0.05, 0.1) is 22.2 Å². The average Bonchev–Trinajstić information content (AvgIpc) is 2.08. The predicted octanol–water partition coefficient (Wildman–Crippen LogP) is 2.37. The lowest BCUT2D eigenvalue weighted by Crippen LogP contribution is -2.23. The molecule has 0 aromatic heterocycles. The summed E-state index contributed by atoms with van der Waals surface area (Å²) in [5.74, 6) is 0. The summed E-state index contributed by atoms with van der Waals surface area (Å²) in [5, 5.41) is 10.1. The molecule has 0 aliphatic heterocycles. The van der Waals surface area contributed by atoms with E-state index in [1.54, 1.807) is 25.1 Å². The first-order valence-corrected chi connectivity index (χ1v) is 4.67. The minimum absolute atomic E-state index is 0.414. The van der Waals surface area contributed by atoms with Gasteiger partial charge in [-0.1, -0.05) is 35.3 Å².